The van der Waals surface area contributed by atoms with E-state index < -0.39 is 0 Å². The van der Waals surface area contributed by atoms with E-state index in [2.05, 4.69) is 12.6 Å². The number of hydrogen-bond donors (Lipinski definition) is 1. The quantitative estimate of drug-likeness (QED) is 0.266. The van der Waals surface area contributed by atoms with Crippen molar-refractivity contribution >= 4 is 48.5 Å². The molecule has 1 nitrogen and oxygen atoms in total. The van der Waals surface area contributed by atoms with Crippen LogP contribution in [0.2, 0.25) is 0 Å². The summed E-state index contributed by atoms with van der Waals surface area (Å²) in [5.41, 5.74) is 0. The van der Waals surface area contributed by atoms with Gasteiger partial charge in [-0.15, -0.1) is 0 Å². The van der Waals surface area contributed by atoms with Gasteiger partial charge >= 0.3 is 29.6 Å². The van der Waals surface area contributed by atoms with E-state index in [0.29, 0.717) is 5.75 Å². The predicted octanol–water partition coefficient (Wildman–Crippen LogP) is -0.533. The fourth-order valence-corrected chi connectivity index (χ4v) is 0. The van der Waals surface area contributed by atoms with Gasteiger partial charge in [-0.05, 0) is 0 Å². The molecule has 0 saturated carbocycles. The van der Waals surface area contributed by atoms with Crippen molar-refractivity contribution in [3.8, 4) is 0 Å². The summed E-state index contributed by atoms with van der Waals surface area (Å²) in [5.74, 6) is 0.333. The number of thiol groups is 1. The van der Waals surface area contributed by atoms with Crippen molar-refractivity contribution in [2.75, 3.05) is 5.75 Å². The SMILES string of the molecule is O=CCS.[NaH]. The zero-order valence-corrected chi connectivity index (χ0v) is 3.03. The molecule has 26 valence electrons. The van der Waals surface area contributed by atoms with Crippen LogP contribution >= 0.6 is 12.6 Å². The van der Waals surface area contributed by atoms with Crippen molar-refractivity contribution in [2.24, 2.45) is 0 Å². The Labute approximate surface area is 58.8 Å². The molecule has 0 amide bonds. The zero-order chi connectivity index (χ0) is 3.41. The molecule has 0 atom stereocenters. The van der Waals surface area contributed by atoms with Gasteiger partial charge in [0.15, 0.2) is 0 Å². The van der Waals surface area contributed by atoms with Gasteiger partial charge in [-0.3, -0.25) is 0 Å². The normalized spacial score (nSPS) is 5.00. The average molecular weight is 100 g/mol. The Morgan fingerprint density at radius 1 is 1.80 bits per heavy atom. The first-order valence-electron chi connectivity index (χ1n) is 0.960. The molecule has 0 aromatic rings. The fraction of sp³-hybridized carbons (Fsp3) is 0.500. The molecule has 0 aromatic heterocycles. The van der Waals surface area contributed by atoms with Crippen molar-refractivity contribution in [3.05, 3.63) is 0 Å². The molecule has 0 radical (unpaired) electrons. The summed E-state index contributed by atoms with van der Waals surface area (Å²) in [5, 5.41) is 0. The van der Waals surface area contributed by atoms with Gasteiger partial charge in [0.25, 0.3) is 0 Å². The molecular weight excluding hydrogens is 95.1 g/mol. The molecule has 0 saturated heterocycles. The number of carbonyl (C=O) groups is 1. The van der Waals surface area contributed by atoms with E-state index in [9.17, 15) is 0 Å². The molecule has 0 N–H and O–H groups in total. The molecule has 5 heavy (non-hydrogen) atoms. The number of rotatable bonds is 1. The van der Waals surface area contributed by atoms with Crippen molar-refractivity contribution < 1.29 is 4.79 Å². The van der Waals surface area contributed by atoms with Gasteiger partial charge in [0, 0.05) is 5.75 Å². The van der Waals surface area contributed by atoms with Gasteiger partial charge in [-0.2, -0.15) is 12.6 Å². The van der Waals surface area contributed by atoms with Gasteiger partial charge in [0.05, 0.1) is 0 Å². The fourth-order valence-electron chi connectivity index (χ4n) is 0. The number of carbonyl (C=O) groups excluding carboxylic acids is 1. The third-order valence-corrected chi connectivity index (χ3v) is 0.224. The Morgan fingerprint density at radius 3 is 2.00 bits per heavy atom. The van der Waals surface area contributed by atoms with E-state index in [0.717, 1.165) is 6.29 Å². The summed E-state index contributed by atoms with van der Waals surface area (Å²) in [6.45, 7) is 0. The van der Waals surface area contributed by atoms with Gasteiger partial charge in [-0.25, -0.2) is 0 Å². The summed E-state index contributed by atoms with van der Waals surface area (Å²) in [6.07, 6.45) is 0.739. The van der Waals surface area contributed by atoms with E-state index in [1.807, 2.05) is 0 Å². The standard InChI is InChI=1S/C2H4OS.Na.H/c3-1-2-4;;/h1,4H,2H2;;. The van der Waals surface area contributed by atoms with E-state index >= 15 is 0 Å². The van der Waals surface area contributed by atoms with Crippen LogP contribution in [0, 0.1) is 0 Å². The van der Waals surface area contributed by atoms with Crippen LogP contribution in [0.5, 0.6) is 0 Å². The Hall–Kier alpha value is 1.02. The summed E-state index contributed by atoms with van der Waals surface area (Å²) in [7, 11) is 0. The third kappa shape index (κ3) is 11.2. The summed E-state index contributed by atoms with van der Waals surface area (Å²) in [6, 6.07) is 0. The molecule has 0 aliphatic rings. The minimum absolute atomic E-state index is 0. The van der Waals surface area contributed by atoms with E-state index in [1.54, 1.807) is 0 Å². The topological polar surface area (TPSA) is 17.1 Å². The van der Waals surface area contributed by atoms with Crippen LogP contribution in [0.25, 0.3) is 0 Å². The second-order valence-electron chi connectivity index (χ2n) is 0.349. The first-order chi connectivity index (χ1) is 1.91. The number of hydrogen-bond acceptors (Lipinski definition) is 2. The van der Waals surface area contributed by atoms with Crippen LogP contribution < -0.4 is 0 Å². The van der Waals surface area contributed by atoms with Gasteiger partial charge in [0.1, 0.15) is 6.29 Å². The Morgan fingerprint density at radius 2 is 2.00 bits per heavy atom. The van der Waals surface area contributed by atoms with Crippen LogP contribution in [-0.2, 0) is 4.79 Å². The first kappa shape index (κ1) is 9.39. The molecule has 0 aromatic carbocycles. The van der Waals surface area contributed by atoms with Crippen LogP contribution in [0.15, 0.2) is 0 Å². The van der Waals surface area contributed by atoms with Crippen LogP contribution in [0.4, 0.5) is 0 Å². The van der Waals surface area contributed by atoms with E-state index in [-0.39, 0.29) is 29.6 Å². The molecule has 0 fully saturated rings. The summed E-state index contributed by atoms with van der Waals surface area (Å²) >= 11 is 3.55. The number of aldehydes is 1. The van der Waals surface area contributed by atoms with E-state index in [1.165, 1.54) is 0 Å². The zero-order valence-electron chi connectivity index (χ0n) is 2.14. The van der Waals surface area contributed by atoms with Gasteiger partial charge in [0.2, 0.25) is 0 Å². The second-order valence-corrected chi connectivity index (χ2v) is 0.714. The Bertz CT molecular complexity index is 23.6. The van der Waals surface area contributed by atoms with Crippen LogP contribution in [0.1, 0.15) is 0 Å². The maximum absolute atomic E-state index is 9.10. The molecule has 0 spiro atoms. The second kappa shape index (κ2) is 8.89. The van der Waals surface area contributed by atoms with Crippen molar-refractivity contribution in [2.45, 2.75) is 0 Å². The van der Waals surface area contributed by atoms with Crippen LogP contribution in [0.3, 0.4) is 0 Å². The molecule has 0 aliphatic heterocycles. The molecule has 0 aliphatic carbocycles. The molecular formula is C2H5NaOS. The van der Waals surface area contributed by atoms with Gasteiger partial charge in [-0.1, -0.05) is 0 Å². The Balaban J connectivity index is 0. The first-order valence-corrected chi connectivity index (χ1v) is 1.59. The van der Waals surface area contributed by atoms with Crippen molar-refractivity contribution in [3.63, 3.8) is 0 Å². The van der Waals surface area contributed by atoms with Crippen molar-refractivity contribution in [1.82, 2.24) is 0 Å². The molecule has 0 rings (SSSR count). The summed E-state index contributed by atoms with van der Waals surface area (Å²) in [4.78, 5) is 9.10. The molecule has 0 unspecified atom stereocenters. The van der Waals surface area contributed by atoms with Crippen molar-refractivity contribution in [1.29, 1.82) is 0 Å². The van der Waals surface area contributed by atoms with Gasteiger partial charge < -0.3 is 4.79 Å². The molecule has 0 bridgehead atoms. The van der Waals surface area contributed by atoms with E-state index in [4.69, 9.17) is 4.79 Å². The Kier molecular flexibility index (Phi) is 16.7. The monoisotopic (exact) mass is 100.0 g/mol. The van der Waals surface area contributed by atoms with Crippen LogP contribution in [-0.4, -0.2) is 41.6 Å². The average Bonchev–Trinajstić information content (AvgIpc) is 1.37. The third-order valence-electron chi connectivity index (χ3n) is 0.0745. The maximum atomic E-state index is 9.10. The summed E-state index contributed by atoms with van der Waals surface area (Å²) < 4.78 is 0. The minimum atomic E-state index is 0. The molecule has 3 heteroatoms. The molecule has 0 heterocycles. The predicted molar refractivity (Wildman–Crippen MR) is 27.1 cm³/mol.